The second kappa shape index (κ2) is 12.2. The standard InChI is InChI=1S/C11H15N3O4S2.C10H11N3O3S/c1-18-8-3-4-9-10(7-8)19-11(13-12)14(9)5-2-6-20(15,16)17;11-12-10-13(3-4-14)7-2-1-6(9(15)16)5-8(7)17-10/h3-4,7H,2,5-6,12H2,1H3,(H,15,16,17);1-2,5,14H,3-4,11H2,(H,15,16). The summed E-state index contributed by atoms with van der Waals surface area (Å²) in [5, 5.41) is 25.2. The third kappa shape index (κ3) is 6.86. The Hall–Kier alpha value is -3.44. The summed E-state index contributed by atoms with van der Waals surface area (Å²) in [5.41, 5.74) is 1.94. The Balaban J connectivity index is 0.000000208. The normalized spacial score (nSPS) is 12.6. The summed E-state index contributed by atoms with van der Waals surface area (Å²) in [4.78, 5) is 12.0. The lowest BCUT2D eigenvalue weighted by Gasteiger charge is -2.04. The van der Waals surface area contributed by atoms with Crippen LogP contribution < -0.4 is 26.0 Å². The van der Waals surface area contributed by atoms with Gasteiger partial charge in [-0.1, -0.05) is 22.7 Å². The predicted molar refractivity (Wildman–Crippen MR) is 141 cm³/mol. The molecule has 4 aromatic rings. The number of carboxylic acid groups (broad SMARTS) is 1. The number of rotatable bonds is 8. The SMILES string of the molecule is COc1ccc2c(c1)sc(=NN)n2CCCS(=O)(=O)O.NN=c1sc2cc(C(=O)O)ccc2n1CCO. The first-order valence-corrected chi connectivity index (χ1v) is 13.9. The van der Waals surface area contributed by atoms with Crippen molar-refractivity contribution in [2.75, 3.05) is 19.5 Å². The number of ether oxygens (including phenoxy) is 1. The molecular weight excluding hydrogens is 544 g/mol. The molecule has 0 aliphatic heterocycles. The van der Waals surface area contributed by atoms with Crippen LogP contribution in [-0.4, -0.2) is 57.8 Å². The van der Waals surface area contributed by atoms with Gasteiger partial charge in [-0.25, -0.2) is 4.79 Å². The van der Waals surface area contributed by atoms with Gasteiger partial charge in [0.15, 0.2) is 0 Å². The minimum Gasteiger partial charge on any atom is -0.497 e. The van der Waals surface area contributed by atoms with Crippen LogP contribution in [0.25, 0.3) is 20.4 Å². The van der Waals surface area contributed by atoms with Gasteiger partial charge in [-0.2, -0.15) is 18.6 Å². The fourth-order valence-corrected chi connectivity index (χ4v) is 6.04. The topological polar surface area (TPSA) is 208 Å². The number of aromatic carboxylic acids is 1. The average molecular weight is 571 g/mol. The molecule has 16 heteroatoms. The number of aliphatic hydroxyl groups excluding tert-OH is 1. The summed E-state index contributed by atoms with van der Waals surface area (Å²) in [5.74, 6) is 10.1. The Labute approximate surface area is 218 Å². The van der Waals surface area contributed by atoms with Gasteiger partial charge in [0.1, 0.15) is 5.75 Å². The van der Waals surface area contributed by atoms with Crippen LogP contribution in [-0.2, 0) is 23.2 Å². The predicted octanol–water partition coefficient (Wildman–Crippen LogP) is 0.931. The lowest BCUT2D eigenvalue weighted by atomic mass is 10.2. The van der Waals surface area contributed by atoms with Gasteiger partial charge in [-0.15, -0.1) is 0 Å². The molecule has 0 unspecified atom stereocenters. The van der Waals surface area contributed by atoms with E-state index in [4.69, 9.17) is 31.2 Å². The van der Waals surface area contributed by atoms with Crippen LogP contribution in [0.3, 0.4) is 0 Å². The number of hydrogen-bond donors (Lipinski definition) is 5. The van der Waals surface area contributed by atoms with Gasteiger partial charge in [0.2, 0.25) is 9.60 Å². The highest BCUT2D eigenvalue weighted by Gasteiger charge is 2.11. The van der Waals surface area contributed by atoms with Gasteiger partial charge >= 0.3 is 5.97 Å². The van der Waals surface area contributed by atoms with E-state index in [2.05, 4.69) is 10.2 Å². The van der Waals surface area contributed by atoms with E-state index in [0.29, 0.717) is 22.7 Å². The van der Waals surface area contributed by atoms with Gasteiger partial charge < -0.3 is 35.8 Å². The van der Waals surface area contributed by atoms with Crippen LogP contribution in [0.15, 0.2) is 46.6 Å². The van der Waals surface area contributed by atoms with E-state index in [1.807, 2.05) is 22.8 Å². The zero-order valence-corrected chi connectivity index (χ0v) is 22.1. The minimum absolute atomic E-state index is 0.0281. The number of nitrogens with two attached hydrogens (primary N) is 2. The maximum absolute atomic E-state index is 10.8. The number of nitrogens with zero attached hydrogens (tertiary/aromatic N) is 4. The molecule has 0 spiro atoms. The summed E-state index contributed by atoms with van der Waals surface area (Å²) in [6.07, 6.45) is 0.282. The van der Waals surface area contributed by atoms with Gasteiger partial charge in [-0.3, -0.25) is 4.55 Å². The summed E-state index contributed by atoms with van der Waals surface area (Å²) in [6, 6.07) is 10.3. The summed E-state index contributed by atoms with van der Waals surface area (Å²) >= 11 is 2.68. The fraction of sp³-hybridized carbons (Fsp3) is 0.286. The number of methoxy groups -OCH3 is 1. The molecule has 2 aromatic carbocycles. The first kappa shape index (κ1) is 28.1. The van der Waals surface area contributed by atoms with Crippen molar-refractivity contribution in [2.24, 2.45) is 21.9 Å². The molecule has 0 aliphatic rings. The molecule has 0 saturated carbocycles. The van der Waals surface area contributed by atoms with Crippen molar-refractivity contribution >= 4 is 59.2 Å². The number of aryl methyl sites for hydroxylation is 1. The van der Waals surface area contributed by atoms with Crippen molar-refractivity contribution < 1.29 is 32.7 Å². The maximum atomic E-state index is 10.8. The van der Waals surface area contributed by atoms with Crippen molar-refractivity contribution in [3.8, 4) is 5.75 Å². The van der Waals surface area contributed by atoms with E-state index < -0.39 is 16.1 Å². The zero-order chi connectivity index (χ0) is 27.2. The van der Waals surface area contributed by atoms with Crippen LogP contribution in [0.4, 0.5) is 0 Å². The summed E-state index contributed by atoms with van der Waals surface area (Å²) in [7, 11) is -2.37. The van der Waals surface area contributed by atoms with Crippen molar-refractivity contribution in [1.29, 1.82) is 0 Å². The smallest absolute Gasteiger partial charge is 0.335 e. The Morgan fingerprint density at radius 1 is 1.00 bits per heavy atom. The minimum atomic E-state index is -3.95. The largest absolute Gasteiger partial charge is 0.497 e. The second-order valence-corrected chi connectivity index (χ2v) is 11.1. The highest BCUT2D eigenvalue weighted by molar-refractivity contribution is 7.85. The highest BCUT2D eigenvalue weighted by atomic mass is 32.2. The number of aromatic nitrogens is 2. The van der Waals surface area contributed by atoms with Crippen LogP contribution in [0, 0.1) is 0 Å². The fourth-order valence-electron chi connectivity index (χ4n) is 3.52. The number of aliphatic hydroxyl groups is 1. The molecule has 0 fully saturated rings. The second-order valence-electron chi connectivity index (χ2n) is 7.52. The van der Waals surface area contributed by atoms with Crippen molar-refractivity contribution in [2.45, 2.75) is 19.5 Å². The zero-order valence-electron chi connectivity index (χ0n) is 19.6. The lowest BCUT2D eigenvalue weighted by Crippen LogP contribution is -2.18. The number of carbonyl (C=O) groups is 1. The summed E-state index contributed by atoms with van der Waals surface area (Å²) in [6.45, 7) is 0.754. The number of carboxylic acids is 1. The van der Waals surface area contributed by atoms with Crippen LogP contribution in [0.5, 0.6) is 5.75 Å². The molecule has 0 aliphatic carbocycles. The Morgan fingerprint density at radius 2 is 1.57 bits per heavy atom. The van der Waals surface area contributed by atoms with E-state index in [9.17, 15) is 13.2 Å². The highest BCUT2D eigenvalue weighted by Crippen LogP contribution is 2.23. The van der Waals surface area contributed by atoms with Gasteiger partial charge in [0.05, 0.1) is 45.5 Å². The maximum Gasteiger partial charge on any atom is 0.335 e. The number of thiazole rings is 2. The first-order valence-electron chi connectivity index (χ1n) is 10.7. The Kier molecular flexibility index (Phi) is 9.28. The third-order valence-corrected chi connectivity index (χ3v) is 8.06. The van der Waals surface area contributed by atoms with Gasteiger partial charge in [0, 0.05) is 13.1 Å². The number of benzene rings is 2. The van der Waals surface area contributed by atoms with E-state index >= 15 is 0 Å². The quantitative estimate of drug-likeness (QED) is 0.116. The molecule has 13 nitrogen and oxygen atoms in total. The molecule has 7 N–H and O–H groups in total. The van der Waals surface area contributed by atoms with E-state index in [0.717, 1.165) is 26.2 Å². The summed E-state index contributed by atoms with van der Waals surface area (Å²) < 4.78 is 40.7. The molecule has 200 valence electrons. The molecule has 37 heavy (non-hydrogen) atoms. The van der Waals surface area contributed by atoms with Crippen LogP contribution in [0.1, 0.15) is 16.8 Å². The Morgan fingerprint density at radius 3 is 2.08 bits per heavy atom. The molecule has 4 rings (SSSR count). The molecular formula is C21H26N6O7S3. The molecule has 0 saturated heterocycles. The van der Waals surface area contributed by atoms with Gasteiger partial charge in [-0.05, 0) is 42.8 Å². The number of fused-ring (bicyclic) bond motifs is 2. The molecule has 0 atom stereocenters. The van der Waals surface area contributed by atoms with E-state index in [-0.39, 0.29) is 24.3 Å². The van der Waals surface area contributed by atoms with Crippen LogP contribution >= 0.6 is 22.7 Å². The van der Waals surface area contributed by atoms with E-state index in [1.165, 1.54) is 28.7 Å². The van der Waals surface area contributed by atoms with Crippen LogP contribution in [0.2, 0.25) is 0 Å². The molecule has 2 heterocycles. The number of hydrogen-bond acceptors (Lipinski definition) is 11. The molecule has 0 radical (unpaired) electrons. The van der Waals surface area contributed by atoms with Crippen molar-refractivity contribution in [3.63, 3.8) is 0 Å². The lowest BCUT2D eigenvalue weighted by molar-refractivity contribution is 0.0697. The molecule has 0 amide bonds. The molecule has 2 aromatic heterocycles. The molecule has 0 bridgehead atoms. The van der Waals surface area contributed by atoms with Crippen molar-refractivity contribution in [1.82, 2.24) is 9.13 Å². The monoisotopic (exact) mass is 570 g/mol. The average Bonchev–Trinajstić information content (AvgIpc) is 3.40. The Bertz CT molecular complexity index is 1650. The van der Waals surface area contributed by atoms with Crippen molar-refractivity contribution in [3.05, 3.63) is 51.6 Å². The van der Waals surface area contributed by atoms with E-state index in [1.54, 1.807) is 23.8 Å². The first-order chi connectivity index (χ1) is 17.6. The third-order valence-electron chi connectivity index (χ3n) is 5.15. The van der Waals surface area contributed by atoms with Gasteiger partial charge in [0.25, 0.3) is 10.1 Å².